The minimum atomic E-state index is -3.41. The van der Waals surface area contributed by atoms with Gasteiger partial charge in [-0.05, 0) is 399 Å². The Labute approximate surface area is 1020 Å². The van der Waals surface area contributed by atoms with Gasteiger partial charge in [-0.15, -0.1) is 464 Å². The molecule has 140 heavy (non-hydrogen) atoms. The highest BCUT2D eigenvalue weighted by Gasteiger charge is 2.68. The maximum Gasteiger partial charge on any atom is 0.189 e. The number of alkyl halides is 1. The van der Waals surface area contributed by atoms with Crippen molar-refractivity contribution < 1.29 is 21.7 Å². The first-order valence-electron chi connectivity index (χ1n) is 35.4. The molecule has 56 atom stereocenters. The highest BCUT2D eigenvalue weighted by molar-refractivity contribution is 9.61. The smallest absolute Gasteiger partial charge is 0.189 e. The lowest BCUT2D eigenvalue weighted by molar-refractivity contribution is 0.391. The number of hydrogen-bond donors (Lipinski definition) is 2. The van der Waals surface area contributed by atoms with Crippen LogP contribution in [0.15, 0.2) is 64.1 Å². The van der Waals surface area contributed by atoms with Crippen molar-refractivity contribution in [2.45, 2.75) is 49.9 Å². The van der Waals surface area contributed by atoms with Crippen LogP contribution in [-0.4, -0.2) is 41.5 Å². The lowest BCUT2D eigenvalue weighted by atomic mass is 10.1. The average molecular weight is 3810 g/mol. The Hall–Kier alpha value is 40.2. The van der Waals surface area contributed by atoms with Gasteiger partial charge in [0.25, 0.3) is 0 Å². The third-order valence-electron chi connectivity index (χ3n) is 15.4. The van der Waals surface area contributed by atoms with Gasteiger partial charge in [0, 0.05) is 29.8 Å². The molecule has 2 heterocycles. The molecule has 0 aliphatic rings. The first kappa shape index (κ1) is 174. The molecule has 0 saturated heterocycles. The number of nitrogens with two attached hydrogens (primary N) is 1. The third kappa shape index (κ3) is 56.7. The largest absolute Gasteiger partial charge is 0.382 e. The summed E-state index contributed by atoms with van der Waals surface area (Å²) in [6.07, 6.45) is 1.99. The predicted molar refractivity (Wildman–Crippen MR) is 993 cm³/mol. The summed E-state index contributed by atoms with van der Waals surface area (Å²) < 4.78 is 58.1. The normalized spacial score (nSPS) is 14.8. The lowest BCUT2D eigenvalue weighted by Crippen LogP contribution is -2.27. The molecule has 0 spiro atoms. The second kappa shape index (κ2) is 91.6. The van der Waals surface area contributed by atoms with E-state index in [9.17, 15) is 17.2 Å². The zero-order valence-corrected chi connectivity index (χ0v) is 179. The van der Waals surface area contributed by atoms with Crippen molar-refractivity contribution in [2.75, 3.05) is 12.4 Å². The molecule has 2 aromatic heterocycles. The average Bonchev–Trinajstić information content (AvgIpc) is 0.865. The second-order valence-corrected chi connectivity index (χ2v) is 452. The van der Waals surface area contributed by atoms with E-state index in [1.54, 1.807) is 50.2 Å². The molecular weight excluding hydrogens is 3670 g/mol. The van der Waals surface area contributed by atoms with Crippen molar-refractivity contribution in [1.29, 1.82) is 0 Å². The second-order valence-electron chi connectivity index (χ2n) is 25.4. The predicted octanol–water partition coefficient (Wildman–Crippen LogP) is 65.2. The SMILES string of the molecule is CCC(C)S(=O)(=O)c1ccc(-c2cnc(N)c(-c3cc(-c4ccc(CNC(C)CF)cc4F)no3)n2)cc1.PP(P)P(P(P)P)P(P(P(P)P)P(P)P)P(P(P(P)P)P(P)P)P(P(P(P(P)P)P(P)P)P(P(P)P)P(P)P)P(P(P(P(P(P)P)P(P)P)P(P(P)P)P(P)P)P(P(P(P)P)P(P)P)P(P(P)P)P(P)P)P(P(P(P(P)P)P(P)P)P(P(P)P)P(P)P)P(P(P(P)P)P(P)P)P(P(P)P)P(P)P. The van der Waals surface area contributed by atoms with Crippen LogP contribution in [0, 0.1) is 5.82 Å². The first-order valence-corrected chi connectivity index (χ1v) is 223. The number of sulfone groups is 1. The van der Waals surface area contributed by atoms with E-state index in [0.717, 1.165) is 0 Å². The highest BCUT2D eigenvalue weighted by Crippen LogP contribution is 3.55. The van der Waals surface area contributed by atoms with Crippen molar-refractivity contribution in [2.24, 2.45) is 0 Å². The Morgan fingerprint density at radius 3 is 0.757 bits per heavy atom. The maximum atomic E-state index is 14.8. The van der Waals surface area contributed by atoms with Crippen molar-refractivity contribution in [3.8, 4) is 34.0 Å². The van der Waals surface area contributed by atoms with Crippen LogP contribution in [0.5, 0.6) is 0 Å². The van der Waals surface area contributed by atoms with E-state index in [0.29, 0.717) is 29.8 Å². The number of nitrogens with one attached hydrogen (secondary N) is 1. The Balaban J connectivity index is 0.00000109. The fraction of sp³-hybridized carbons (Fsp3) is 0.296. The summed E-state index contributed by atoms with van der Waals surface area (Å²) in [5.74, 6) is -0.210. The number of nitrogen functional groups attached to an aromatic ring is 1. The molecule has 814 valence electrons. The molecule has 56 unspecified atom stereocenters. The van der Waals surface area contributed by atoms with Crippen LogP contribution < -0.4 is 11.1 Å². The van der Waals surface area contributed by atoms with Gasteiger partial charge in [-0.1, -0.05) is 30.3 Å². The topological polar surface area (TPSA) is 124 Å². The van der Waals surface area contributed by atoms with Gasteiger partial charge in [-0.3, -0.25) is 0 Å². The Morgan fingerprint density at radius 2 is 0.550 bits per heavy atom. The molecule has 4 rings (SSSR count). The molecule has 0 aliphatic heterocycles. The highest BCUT2D eigenvalue weighted by atomic mass is 33.7. The molecule has 4 aromatic rings. The maximum absolute atomic E-state index is 14.8. The van der Waals surface area contributed by atoms with Crippen molar-refractivity contribution in [3.63, 3.8) is 0 Å². The minimum Gasteiger partial charge on any atom is -0.382 e. The van der Waals surface area contributed by atoms with E-state index in [1.807, 2.05) is 6.92 Å². The van der Waals surface area contributed by atoms with Gasteiger partial charge in [-0.25, -0.2) is 27.2 Å². The molecule has 0 aliphatic carbocycles. The van der Waals surface area contributed by atoms with Crippen LogP contribution >= 0.6 is 814 Å². The summed E-state index contributed by atoms with van der Waals surface area (Å²) in [5, 5.41) is 6.46. The van der Waals surface area contributed by atoms with Crippen molar-refractivity contribution in [3.05, 3.63) is 66.1 Å². The molecular formula is C27H133F2N5O3P102S. The van der Waals surface area contributed by atoms with Gasteiger partial charge >= 0.3 is 0 Å². The van der Waals surface area contributed by atoms with Crippen LogP contribution in [0.25, 0.3) is 34.0 Å². The van der Waals surface area contributed by atoms with Gasteiger partial charge < -0.3 is 15.6 Å². The van der Waals surface area contributed by atoms with E-state index in [-0.39, 0.29) is 53.4 Å². The molecule has 113 heteroatoms. The van der Waals surface area contributed by atoms with Crippen molar-refractivity contribution >= 4 is 829 Å². The zero-order chi connectivity index (χ0) is 108. The fourth-order valence-electron chi connectivity index (χ4n) is 10.0. The summed E-state index contributed by atoms with van der Waals surface area (Å²) in [6.45, 7) is -18.2. The summed E-state index contributed by atoms with van der Waals surface area (Å²) in [5.41, 5.74) is 8.50. The van der Waals surface area contributed by atoms with E-state index >= 15 is 0 Å². The van der Waals surface area contributed by atoms with Crippen molar-refractivity contribution in [1.82, 2.24) is 20.4 Å². The Kier molecular flexibility index (Phi) is 114. The van der Waals surface area contributed by atoms with E-state index in [2.05, 4.69) is 485 Å². The molecule has 0 bridgehead atoms. The molecule has 8 nitrogen and oxygen atoms in total. The quantitative estimate of drug-likeness (QED) is 0.0419. The van der Waals surface area contributed by atoms with Crippen LogP contribution in [0.3, 0.4) is 0 Å². The number of hydrogen-bond acceptors (Lipinski definition) is 8. The number of halogens is 2. The van der Waals surface area contributed by atoms with Crippen LogP contribution in [-0.2, 0) is 16.4 Å². The van der Waals surface area contributed by atoms with Crippen LogP contribution in [0.2, 0.25) is 0 Å². The molecule has 3 N–H and O–H groups in total. The Morgan fingerprint density at radius 1 is 0.329 bits per heavy atom. The van der Waals surface area contributed by atoms with E-state index in [1.165, 1.54) is 18.3 Å². The van der Waals surface area contributed by atoms with Gasteiger partial charge in [0.05, 0.1) is 22.0 Å². The van der Waals surface area contributed by atoms with Crippen LogP contribution in [0.1, 0.15) is 32.8 Å². The van der Waals surface area contributed by atoms with Gasteiger partial charge in [0.1, 0.15) is 18.2 Å². The third-order valence-corrected chi connectivity index (χ3v) is 742. The fourth-order valence-corrected chi connectivity index (χ4v) is 1540. The minimum absolute atomic E-state index is 0.0938. The number of aromatic nitrogens is 3. The van der Waals surface area contributed by atoms with E-state index < -0.39 is 363 Å². The first-order chi connectivity index (χ1) is 64.5. The van der Waals surface area contributed by atoms with Gasteiger partial charge in [0.15, 0.2) is 27.1 Å². The lowest BCUT2D eigenvalue weighted by Gasteiger charge is -2.64. The Bertz CT molecular complexity index is 3880. The van der Waals surface area contributed by atoms with Gasteiger partial charge in [0.2, 0.25) is 0 Å². The number of rotatable bonds is 59. The van der Waals surface area contributed by atoms with Gasteiger partial charge in [-0.2, -0.15) is 0 Å². The summed E-state index contributed by atoms with van der Waals surface area (Å²) >= 11 is 0. The zero-order valence-electron chi connectivity index (χ0n) is 73.7. The van der Waals surface area contributed by atoms with E-state index in [4.69, 9.17) is 10.3 Å². The monoisotopic (exact) mass is 3810 g/mol. The molecule has 0 saturated carbocycles. The summed E-state index contributed by atoms with van der Waals surface area (Å²) in [6, 6.07) is 12.3. The number of nitrogens with zero attached hydrogens (tertiary/aromatic N) is 3. The molecule has 0 amide bonds. The molecule has 0 fully saturated rings. The number of benzene rings is 2. The molecule has 0 radical (unpaired) electrons. The summed E-state index contributed by atoms with van der Waals surface area (Å²) in [4.78, 5) is 8.98. The standard InChI is InChI=1S/C27H29F2N5O3S.H104P102/c1-4-17(3)38(35,36)20-8-6-19(7-9-20)24-15-32-27(30)26(33-24)25-12-23(34-37-25)21-10-5-18(11-22(21)29)14-31-16(2)13-28;1-53(2)79(54(3)4)92(80(55(5)6)56(7)8)98(91(77(49)50)78(51)52)101(97(89(73(41)42)74(43)44)90(75(45)46)76(47)48)102(99(93(81(57(9)10)58(11)12)82(59(13)14)60(15)16)94(83(61(17)18)62(19)20)84(63(21)22)64(23)24)100(95(85(65(25)26)66(27)28)86(67(29)30)68(31)32)96(87(69(33)34)70(35)36)88(71(37)38)72(39)40/h5-12,15-17,31H,4,13-14H2,1-3H3,(H2,30,32);1-52H2. The summed E-state index contributed by atoms with van der Waals surface area (Å²) in [7, 11) is 195. The van der Waals surface area contributed by atoms with Crippen LogP contribution in [0.4, 0.5) is 14.6 Å². The number of anilines is 1. The molecule has 2 aromatic carbocycles.